The lowest BCUT2D eigenvalue weighted by atomic mass is 9.87. The zero-order valence-corrected chi connectivity index (χ0v) is 36.5. The zero-order valence-electron chi connectivity index (χ0n) is 36.5. The van der Waals surface area contributed by atoms with E-state index in [0.717, 1.165) is 73.0 Å². The SMILES string of the molecule is CC(C)(C)c1cccc(-[n+]2[c-]n(-c3cccc(Oc4ccc5c6ccccc6n(-c6cc(C(C)(C)C)ccn6)c5c4)c3)c(-c3c(-c4ccccc4)cccc3-c3ccccc3)n2)c1. The number of aromatic nitrogens is 5. The van der Waals surface area contributed by atoms with Crippen molar-refractivity contribution >= 4 is 21.8 Å². The number of nitrogens with zero attached hydrogens (tertiary/aromatic N) is 5. The van der Waals surface area contributed by atoms with Crippen molar-refractivity contribution in [3.63, 3.8) is 0 Å². The summed E-state index contributed by atoms with van der Waals surface area (Å²) in [5.41, 5.74) is 11.7. The molecule has 6 heteroatoms. The Morgan fingerprint density at radius 3 is 1.86 bits per heavy atom. The minimum absolute atomic E-state index is 0.0231. The predicted octanol–water partition coefficient (Wildman–Crippen LogP) is 13.8. The molecule has 0 fully saturated rings. The first kappa shape index (κ1) is 39.6. The maximum atomic E-state index is 6.80. The summed E-state index contributed by atoms with van der Waals surface area (Å²) in [4.78, 5) is 4.89. The van der Waals surface area contributed by atoms with Gasteiger partial charge >= 0.3 is 0 Å². The van der Waals surface area contributed by atoms with E-state index in [9.17, 15) is 0 Å². The fourth-order valence-electron chi connectivity index (χ4n) is 8.47. The molecule has 0 amide bonds. The maximum absolute atomic E-state index is 6.80. The number of benzene rings is 7. The number of hydrogen-bond acceptors (Lipinski definition) is 3. The minimum atomic E-state index is -0.0433. The van der Waals surface area contributed by atoms with Gasteiger partial charge in [0.25, 0.3) is 6.33 Å². The molecule has 0 unspecified atom stereocenters. The molecule has 3 heterocycles. The van der Waals surface area contributed by atoms with E-state index in [0.29, 0.717) is 5.75 Å². The Morgan fingerprint density at radius 2 is 1.14 bits per heavy atom. The molecule has 0 aliphatic rings. The van der Waals surface area contributed by atoms with Crippen LogP contribution in [0.4, 0.5) is 0 Å². The van der Waals surface area contributed by atoms with Crippen LogP contribution in [0, 0.1) is 6.33 Å². The maximum Gasteiger partial charge on any atom is 0.273 e. The molecular formula is C57H49N5O. The Balaban J connectivity index is 1.13. The second kappa shape index (κ2) is 15.7. The molecule has 63 heavy (non-hydrogen) atoms. The van der Waals surface area contributed by atoms with Crippen LogP contribution in [0.1, 0.15) is 52.7 Å². The molecule has 0 atom stereocenters. The van der Waals surface area contributed by atoms with Gasteiger partial charge in [-0.05, 0) is 86.7 Å². The molecule has 0 N–H and O–H groups in total. The normalized spacial score (nSPS) is 12.0. The zero-order chi connectivity index (χ0) is 43.3. The van der Waals surface area contributed by atoms with Gasteiger partial charge in [-0.2, -0.15) is 4.68 Å². The standard InChI is InChI=1S/C57H49N5O/c1-56(2,3)41-22-15-24-44(34-41)61-38-60(55(59-61)54-47(39-18-9-7-10-19-39)27-17-28-48(54)40-20-11-8-12-21-40)43-23-16-25-45(36-43)63-46-30-31-50-49-26-13-14-29-51(49)62(52(50)37-46)53-35-42(32-33-58-53)57(4,5)6/h7-37H,1-6H3. The van der Waals surface area contributed by atoms with Crippen LogP contribution in [0.2, 0.25) is 0 Å². The number of para-hydroxylation sites is 1. The van der Waals surface area contributed by atoms with Crippen LogP contribution in [-0.2, 0) is 10.8 Å². The molecular weight excluding hydrogens is 771 g/mol. The van der Waals surface area contributed by atoms with Crippen LogP contribution in [0.25, 0.3) is 72.6 Å². The van der Waals surface area contributed by atoms with Gasteiger partial charge in [-0.25, -0.2) is 4.98 Å². The summed E-state index contributed by atoms with van der Waals surface area (Å²) in [7, 11) is 0. The van der Waals surface area contributed by atoms with Crippen LogP contribution in [0.15, 0.2) is 188 Å². The highest BCUT2D eigenvalue weighted by molar-refractivity contribution is 6.09. The second-order valence-corrected chi connectivity index (χ2v) is 18.2. The van der Waals surface area contributed by atoms with E-state index in [1.807, 2.05) is 23.0 Å². The molecule has 308 valence electrons. The van der Waals surface area contributed by atoms with Crippen molar-refractivity contribution in [2.75, 3.05) is 0 Å². The summed E-state index contributed by atoms with van der Waals surface area (Å²) in [5.74, 6) is 3.04. The van der Waals surface area contributed by atoms with E-state index < -0.39 is 0 Å². The van der Waals surface area contributed by atoms with Crippen molar-refractivity contribution in [1.29, 1.82) is 0 Å². The summed E-state index contributed by atoms with van der Waals surface area (Å²) in [6.45, 7) is 13.4. The smallest absolute Gasteiger partial charge is 0.273 e. The second-order valence-electron chi connectivity index (χ2n) is 18.2. The number of hydrogen-bond donors (Lipinski definition) is 0. The average Bonchev–Trinajstić information content (AvgIpc) is 3.89. The van der Waals surface area contributed by atoms with Gasteiger partial charge in [0.2, 0.25) is 0 Å². The first-order valence-electron chi connectivity index (χ1n) is 21.6. The van der Waals surface area contributed by atoms with Crippen molar-refractivity contribution in [3.8, 4) is 62.3 Å². The third-order valence-electron chi connectivity index (χ3n) is 11.8. The van der Waals surface area contributed by atoms with Crippen LogP contribution in [-0.4, -0.2) is 19.2 Å². The summed E-state index contributed by atoms with van der Waals surface area (Å²) >= 11 is 0. The van der Waals surface area contributed by atoms with Crippen molar-refractivity contribution in [2.24, 2.45) is 0 Å². The molecule has 6 nitrogen and oxygen atoms in total. The Hall–Kier alpha value is -7.57. The number of pyridine rings is 1. The molecule has 0 radical (unpaired) electrons. The molecule has 0 spiro atoms. The monoisotopic (exact) mass is 819 g/mol. The van der Waals surface area contributed by atoms with E-state index in [-0.39, 0.29) is 10.8 Å². The Morgan fingerprint density at radius 1 is 0.524 bits per heavy atom. The lowest BCUT2D eigenvalue weighted by Gasteiger charge is -2.20. The fourth-order valence-corrected chi connectivity index (χ4v) is 8.47. The lowest BCUT2D eigenvalue weighted by Crippen LogP contribution is -2.33. The van der Waals surface area contributed by atoms with Crippen LogP contribution < -0.4 is 9.42 Å². The van der Waals surface area contributed by atoms with Gasteiger partial charge in [0, 0.05) is 28.6 Å². The van der Waals surface area contributed by atoms with E-state index >= 15 is 0 Å². The fraction of sp³-hybridized carbons (Fsp3) is 0.140. The Bertz CT molecular complexity index is 3220. The lowest BCUT2D eigenvalue weighted by molar-refractivity contribution is -0.660. The van der Waals surface area contributed by atoms with Gasteiger partial charge in [0.15, 0.2) is 5.82 Å². The third-order valence-corrected chi connectivity index (χ3v) is 11.8. The molecule has 0 saturated carbocycles. The summed E-state index contributed by atoms with van der Waals surface area (Å²) in [5, 5.41) is 7.73. The molecule has 0 saturated heterocycles. The third kappa shape index (κ3) is 7.59. The number of ether oxygens (including phenoxy) is 1. The van der Waals surface area contributed by atoms with Crippen LogP contribution in [0.5, 0.6) is 11.5 Å². The van der Waals surface area contributed by atoms with Gasteiger partial charge in [-0.3, -0.25) is 9.13 Å². The van der Waals surface area contributed by atoms with Gasteiger partial charge in [0.05, 0.1) is 22.4 Å². The Labute approximate surface area is 369 Å². The first-order chi connectivity index (χ1) is 30.5. The molecule has 10 aromatic rings. The van der Waals surface area contributed by atoms with E-state index in [4.69, 9.17) is 14.8 Å². The van der Waals surface area contributed by atoms with Gasteiger partial charge < -0.3 is 4.74 Å². The van der Waals surface area contributed by atoms with Crippen LogP contribution in [0.3, 0.4) is 0 Å². The largest absolute Gasteiger partial charge is 0.458 e. The van der Waals surface area contributed by atoms with E-state index in [1.54, 1.807) is 0 Å². The predicted molar refractivity (Wildman–Crippen MR) is 256 cm³/mol. The van der Waals surface area contributed by atoms with Crippen molar-refractivity contribution < 1.29 is 9.42 Å². The highest BCUT2D eigenvalue weighted by Gasteiger charge is 2.24. The highest BCUT2D eigenvalue weighted by atomic mass is 16.5. The number of rotatable bonds is 8. The average molecular weight is 820 g/mol. The van der Waals surface area contributed by atoms with E-state index in [1.165, 1.54) is 16.5 Å². The van der Waals surface area contributed by atoms with Crippen molar-refractivity contribution in [3.05, 3.63) is 206 Å². The first-order valence-corrected chi connectivity index (χ1v) is 21.6. The molecule has 10 rings (SSSR count). The molecule has 0 aliphatic carbocycles. The Kier molecular flexibility index (Phi) is 9.87. The summed E-state index contributed by atoms with van der Waals surface area (Å²) in [6.07, 6.45) is 5.59. The molecule has 0 aliphatic heterocycles. The van der Waals surface area contributed by atoms with E-state index in [2.05, 4.69) is 227 Å². The minimum Gasteiger partial charge on any atom is -0.458 e. The highest BCUT2D eigenvalue weighted by Crippen LogP contribution is 2.41. The topological polar surface area (TPSA) is 48.8 Å². The van der Waals surface area contributed by atoms with Gasteiger partial charge in [-0.1, -0.05) is 175 Å². The summed E-state index contributed by atoms with van der Waals surface area (Å²) in [6, 6.07) is 63.5. The van der Waals surface area contributed by atoms with Crippen molar-refractivity contribution in [1.82, 2.24) is 19.2 Å². The number of fused-ring (bicyclic) bond motifs is 3. The summed E-state index contributed by atoms with van der Waals surface area (Å²) < 4.78 is 13.0. The molecule has 3 aromatic heterocycles. The van der Waals surface area contributed by atoms with Crippen molar-refractivity contribution in [2.45, 2.75) is 52.4 Å². The van der Waals surface area contributed by atoms with Crippen LogP contribution >= 0.6 is 0 Å². The van der Waals surface area contributed by atoms with Gasteiger partial charge in [-0.15, -0.1) is 5.10 Å². The quantitative estimate of drug-likeness (QED) is 0.113. The molecule has 0 bridgehead atoms. The van der Waals surface area contributed by atoms with Gasteiger partial charge in [0.1, 0.15) is 17.3 Å². The molecule has 7 aromatic carbocycles.